The zero-order valence-corrected chi connectivity index (χ0v) is 16.1. The van der Waals surface area contributed by atoms with Crippen LogP contribution in [0.15, 0.2) is 30.3 Å². The summed E-state index contributed by atoms with van der Waals surface area (Å²) in [5.74, 6) is -0.994. The first kappa shape index (κ1) is 19.7. The summed E-state index contributed by atoms with van der Waals surface area (Å²) in [6.07, 6.45) is 0.375. The third-order valence-electron chi connectivity index (χ3n) is 3.95. The van der Waals surface area contributed by atoms with E-state index in [2.05, 4.69) is 11.4 Å². The van der Waals surface area contributed by atoms with Gasteiger partial charge in [0.05, 0.1) is 17.6 Å². The van der Waals surface area contributed by atoms with Crippen LogP contribution in [0.5, 0.6) is 0 Å². The lowest BCUT2D eigenvalue weighted by molar-refractivity contribution is -0.117. The molecule has 5 nitrogen and oxygen atoms in total. The number of nitrogens with zero attached hydrogens (tertiary/aromatic N) is 1. The molecule has 0 bridgehead atoms. The summed E-state index contributed by atoms with van der Waals surface area (Å²) >= 11 is 1.08. The van der Waals surface area contributed by atoms with Gasteiger partial charge in [0.25, 0.3) is 0 Å². The Labute approximate surface area is 157 Å². The molecule has 0 radical (unpaired) electrons. The van der Waals surface area contributed by atoms with Crippen molar-refractivity contribution in [2.75, 3.05) is 5.32 Å². The molecule has 1 aromatic carbocycles. The highest BCUT2D eigenvalue weighted by Crippen LogP contribution is 2.34. The lowest BCUT2D eigenvalue weighted by Crippen LogP contribution is -2.20. The molecule has 26 heavy (non-hydrogen) atoms. The van der Waals surface area contributed by atoms with Crippen molar-refractivity contribution in [2.45, 2.75) is 46.1 Å². The third-order valence-corrected chi connectivity index (χ3v) is 5.14. The molecule has 1 atom stereocenters. The van der Waals surface area contributed by atoms with Gasteiger partial charge in [0.1, 0.15) is 15.9 Å². The topological polar surface area (TPSA) is 79.2 Å². The van der Waals surface area contributed by atoms with Crippen LogP contribution in [0.3, 0.4) is 0 Å². The fourth-order valence-electron chi connectivity index (χ4n) is 2.66. The number of carbonyl (C=O) groups excluding carboxylic acids is 2. The van der Waals surface area contributed by atoms with E-state index >= 15 is 0 Å². The largest absolute Gasteiger partial charge is 0.459 e. The van der Waals surface area contributed by atoms with Gasteiger partial charge in [-0.25, -0.2) is 4.79 Å². The SMILES string of the molecule is CC[C@@H](C(=O)Nc1sc(C(=O)OC(C)C)c(C)c1C#N)c1ccccc1. The van der Waals surface area contributed by atoms with Crippen molar-refractivity contribution < 1.29 is 14.3 Å². The normalized spacial score (nSPS) is 11.7. The summed E-state index contributed by atoms with van der Waals surface area (Å²) in [4.78, 5) is 25.3. The number of esters is 1. The molecule has 0 saturated heterocycles. The van der Waals surface area contributed by atoms with E-state index in [9.17, 15) is 14.9 Å². The Morgan fingerprint density at radius 2 is 1.92 bits per heavy atom. The number of nitrogens with one attached hydrogen (secondary N) is 1. The highest BCUT2D eigenvalue weighted by atomic mass is 32.1. The van der Waals surface area contributed by atoms with E-state index < -0.39 is 5.97 Å². The minimum Gasteiger partial charge on any atom is -0.459 e. The van der Waals surface area contributed by atoms with E-state index in [1.54, 1.807) is 20.8 Å². The van der Waals surface area contributed by atoms with E-state index in [4.69, 9.17) is 4.74 Å². The number of carbonyl (C=O) groups is 2. The number of thiophene rings is 1. The number of benzene rings is 1. The van der Waals surface area contributed by atoms with Crippen molar-refractivity contribution in [3.05, 3.63) is 51.9 Å². The van der Waals surface area contributed by atoms with Crippen LogP contribution in [0.4, 0.5) is 5.00 Å². The fraction of sp³-hybridized carbons (Fsp3) is 0.350. The molecule has 2 rings (SSSR count). The number of hydrogen-bond acceptors (Lipinski definition) is 5. The standard InChI is InChI=1S/C20H22N2O3S/c1-5-15(14-9-7-6-8-10-14)18(23)22-19-16(11-21)13(4)17(26-19)20(24)25-12(2)3/h6-10,12,15H,5H2,1-4H3,(H,22,23)/t15-/m1/s1. The molecular formula is C20H22N2O3S. The van der Waals surface area contributed by atoms with Gasteiger partial charge >= 0.3 is 5.97 Å². The van der Waals surface area contributed by atoms with Gasteiger partial charge < -0.3 is 10.1 Å². The molecule has 6 heteroatoms. The van der Waals surface area contributed by atoms with E-state index in [0.717, 1.165) is 16.9 Å². The molecule has 0 aliphatic carbocycles. The van der Waals surface area contributed by atoms with Crippen LogP contribution in [0.1, 0.15) is 59.5 Å². The van der Waals surface area contributed by atoms with Crippen LogP contribution >= 0.6 is 11.3 Å². The van der Waals surface area contributed by atoms with Crippen LogP contribution in [0.25, 0.3) is 0 Å². The maximum Gasteiger partial charge on any atom is 0.348 e. The van der Waals surface area contributed by atoms with Crippen LogP contribution in [-0.2, 0) is 9.53 Å². The summed E-state index contributed by atoms with van der Waals surface area (Å²) in [6, 6.07) is 11.6. The number of anilines is 1. The monoisotopic (exact) mass is 370 g/mol. The van der Waals surface area contributed by atoms with Crippen molar-refractivity contribution >= 4 is 28.2 Å². The molecule has 2 aromatic rings. The molecule has 0 aliphatic heterocycles. The quantitative estimate of drug-likeness (QED) is 0.752. The van der Waals surface area contributed by atoms with E-state index in [1.807, 2.05) is 37.3 Å². The Bertz CT molecular complexity index is 835. The number of nitriles is 1. The van der Waals surface area contributed by atoms with E-state index in [1.165, 1.54) is 0 Å². The van der Waals surface area contributed by atoms with Gasteiger partial charge in [-0.3, -0.25) is 4.79 Å². The van der Waals surface area contributed by atoms with Crippen LogP contribution < -0.4 is 5.32 Å². The van der Waals surface area contributed by atoms with Gasteiger partial charge in [-0.2, -0.15) is 5.26 Å². The van der Waals surface area contributed by atoms with Crippen LogP contribution in [-0.4, -0.2) is 18.0 Å². The number of hydrogen-bond donors (Lipinski definition) is 1. The molecule has 136 valence electrons. The van der Waals surface area contributed by atoms with Gasteiger partial charge in [-0.05, 0) is 38.3 Å². The molecule has 1 aromatic heterocycles. The van der Waals surface area contributed by atoms with Crippen molar-refractivity contribution in [3.8, 4) is 6.07 Å². The number of ether oxygens (including phenoxy) is 1. The average molecular weight is 370 g/mol. The summed E-state index contributed by atoms with van der Waals surface area (Å²) in [5, 5.41) is 12.7. The predicted octanol–water partition coefficient (Wildman–Crippen LogP) is 4.63. The van der Waals surface area contributed by atoms with Crippen molar-refractivity contribution in [1.82, 2.24) is 0 Å². The lowest BCUT2D eigenvalue weighted by Gasteiger charge is -2.14. The van der Waals surface area contributed by atoms with Gasteiger partial charge in [-0.1, -0.05) is 37.3 Å². The van der Waals surface area contributed by atoms with Crippen LogP contribution in [0, 0.1) is 18.3 Å². The molecule has 0 unspecified atom stereocenters. The zero-order valence-electron chi connectivity index (χ0n) is 15.3. The Balaban J connectivity index is 2.30. The molecule has 0 spiro atoms. The second-order valence-electron chi connectivity index (χ2n) is 6.19. The Hall–Kier alpha value is -2.65. The van der Waals surface area contributed by atoms with Crippen molar-refractivity contribution in [1.29, 1.82) is 5.26 Å². The maximum atomic E-state index is 12.8. The first-order valence-electron chi connectivity index (χ1n) is 8.49. The van der Waals surface area contributed by atoms with Gasteiger partial charge in [0, 0.05) is 0 Å². The molecule has 0 saturated carbocycles. The molecule has 1 N–H and O–H groups in total. The molecule has 0 fully saturated rings. The smallest absolute Gasteiger partial charge is 0.348 e. The second-order valence-corrected chi connectivity index (χ2v) is 7.21. The zero-order chi connectivity index (χ0) is 19.3. The van der Waals surface area contributed by atoms with Gasteiger partial charge in [0.2, 0.25) is 5.91 Å². The Morgan fingerprint density at radius 1 is 1.27 bits per heavy atom. The fourth-order valence-corrected chi connectivity index (χ4v) is 3.70. The molecule has 1 amide bonds. The van der Waals surface area contributed by atoms with Crippen LogP contribution in [0.2, 0.25) is 0 Å². The summed E-state index contributed by atoms with van der Waals surface area (Å²) in [6.45, 7) is 7.16. The molecule has 1 heterocycles. The molecule has 0 aliphatic rings. The first-order chi connectivity index (χ1) is 12.4. The lowest BCUT2D eigenvalue weighted by atomic mass is 9.96. The van der Waals surface area contributed by atoms with Crippen molar-refractivity contribution in [3.63, 3.8) is 0 Å². The van der Waals surface area contributed by atoms with Gasteiger partial charge in [0.15, 0.2) is 0 Å². The highest BCUT2D eigenvalue weighted by molar-refractivity contribution is 7.18. The first-order valence-corrected chi connectivity index (χ1v) is 9.30. The summed E-state index contributed by atoms with van der Waals surface area (Å²) < 4.78 is 5.22. The van der Waals surface area contributed by atoms with Crippen molar-refractivity contribution in [2.24, 2.45) is 0 Å². The molecular weight excluding hydrogens is 348 g/mol. The second kappa shape index (κ2) is 8.63. The predicted molar refractivity (Wildman–Crippen MR) is 102 cm³/mol. The minimum absolute atomic E-state index is 0.194. The highest BCUT2D eigenvalue weighted by Gasteiger charge is 2.25. The maximum absolute atomic E-state index is 12.8. The Morgan fingerprint density at radius 3 is 2.46 bits per heavy atom. The van der Waals surface area contributed by atoms with E-state index in [0.29, 0.717) is 27.4 Å². The third kappa shape index (κ3) is 4.30. The van der Waals surface area contributed by atoms with Gasteiger partial charge in [-0.15, -0.1) is 11.3 Å². The minimum atomic E-state index is -0.477. The van der Waals surface area contributed by atoms with E-state index in [-0.39, 0.29) is 17.9 Å². The Kier molecular flexibility index (Phi) is 6.53. The number of amides is 1. The number of rotatable bonds is 6. The summed E-state index contributed by atoms with van der Waals surface area (Å²) in [5.41, 5.74) is 1.76. The summed E-state index contributed by atoms with van der Waals surface area (Å²) in [7, 11) is 0. The average Bonchev–Trinajstić information content (AvgIpc) is 2.91.